The first-order chi connectivity index (χ1) is 14.9. The van der Waals surface area contributed by atoms with Crippen LogP contribution in [0.5, 0.6) is 5.75 Å². The zero-order valence-corrected chi connectivity index (χ0v) is 19.3. The molecule has 9 heteroatoms. The van der Waals surface area contributed by atoms with Crippen LogP contribution in [0.4, 0.5) is 0 Å². The van der Waals surface area contributed by atoms with Gasteiger partial charge in [0.1, 0.15) is 5.75 Å². The van der Waals surface area contributed by atoms with Gasteiger partial charge in [-0.05, 0) is 73.3 Å². The van der Waals surface area contributed by atoms with Gasteiger partial charge in [-0.1, -0.05) is 36.0 Å². The molecule has 0 fully saturated rings. The highest BCUT2D eigenvalue weighted by Crippen LogP contribution is 2.23. The van der Waals surface area contributed by atoms with Crippen LogP contribution in [-0.2, 0) is 4.79 Å². The third-order valence-electron chi connectivity index (χ3n) is 4.98. The third kappa shape index (κ3) is 5.83. The predicted octanol–water partition coefficient (Wildman–Crippen LogP) is 2.80. The molecule has 0 unspecified atom stereocenters. The number of aryl methyl sites for hydroxylation is 2. The number of benzene rings is 2. The molecular weight excluding hydrogens is 412 g/mol. The molecule has 1 heterocycles. The fraction of sp³-hybridized carbons (Fsp3) is 0.364. The highest BCUT2D eigenvalue weighted by Gasteiger charge is 2.17. The van der Waals surface area contributed by atoms with Crippen LogP contribution in [0.15, 0.2) is 47.6 Å². The van der Waals surface area contributed by atoms with E-state index in [1.165, 1.54) is 11.8 Å². The van der Waals surface area contributed by atoms with E-state index < -0.39 is 0 Å². The molecule has 8 nitrogen and oxygen atoms in total. The molecule has 164 valence electrons. The zero-order valence-electron chi connectivity index (χ0n) is 18.5. The lowest BCUT2D eigenvalue weighted by atomic mass is 10.1. The topological polar surface area (TPSA) is 85.2 Å². The van der Waals surface area contributed by atoms with Crippen LogP contribution in [0.1, 0.15) is 22.7 Å². The number of hydrogen-bond donors (Lipinski definition) is 1. The monoisotopic (exact) mass is 440 g/mol. The normalized spacial score (nSPS) is 12.1. The maximum absolute atomic E-state index is 12.5. The van der Waals surface area contributed by atoms with E-state index in [0.717, 1.165) is 28.1 Å². The van der Waals surface area contributed by atoms with Crippen molar-refractivity contribution < 1.29 is 9.53 Å². The minimum Gasteiger partial charge on any atom is -0.497 e. The van der Waals surface area contributed by atoms with Crippen molar-refractivity contribution in [3.05, 3.63) is 59.2 Å². The molecule has 0 spiro atoms. The lowest BCUT2D eigenvalue weighted by Gasteiger charge is -2.25. The quantitative estimate of drug-likeness (QED) is 0.512. The Balaban J connectivity index is 1.60. The number of thioether (sulfide) groups is 1. The number of nitrogens with one attached hydrogen (secondary N) is 1. The molecule has 1 atom stereocenters. The molecule has 3 rings (SSSR count). The molecule has 1 N–H and O–H groups in total. The van der Waals surface area contributed by atoms with E-state index in [-0.39, 0.29) is 17.7 Å². The molecule has 0 aliphatic heterocycles. The summed E-state index contributed by atoms with van der Waals surface area (Å²) in [5.41, 5.74) is 4.22. The second-order valence-corrected chi connectivity index (χ2v) is 8.45. The van der Waals surface area contributed by atoms with E-state index in [0.29, 0.717) is 11.7 Å². The number of likely N-dealkylation sites (N-methyl/N-ethyl adjacent to an activating group) is 1. The molecule has 1 amide bonds. The number of methoxy groups -OCH3 is 1. The fourth-order valence-electron chi connectivity index (χ4n) is 3.18. The zero-order chi connectivity index (χ0) is 22.4. The van der Waals surface area contributed by atoms with Crippen molar-refractivity contribution in [1.29, 1.82) is 0 Å². The molecule has 0 radical (unpaired) electrons. The first kappa shape index (κ1) is 22.8. The van der Waals surface area contributed by atoms with Gasteiger partial charge in [0, 0.05) is 6.54 Å². The number of carbonyl (C=O) groups excluding carboxylic acids is 1. The summed E-state index contributed by atoms with van der Waals surface area (Å²) < 4.78 is 6.91. The summed E-state index contributed by atoms with van der Waals surface area (Å²) in [5.74, 6) is 0.970. The van der Waals surface area contributed by atoms with Crippen molar-refractivity contribution in [2.75, 3.05) is 33.5 Å². The molecule has 2 aromatic carbocycles. The van der Waals surface area contributed by atoms with Crippen molar-refractivity contribution in [3.8, 4) is 11.4 Å². The maximum atomic E-state index is 12.5. The summed E-state index contributed by atoms with van der Waals surface area (Å²) in [7, 11) is 5.63. The number of ether oxygens (including phenoxy) is 1. The molecule has 0 saturated carbocycles. The highest BCUT2D eigenvalue weighted by molar-refractivity contribution is 7.99. The molecule has 31 heavy (non-hydrogen) atoms. The van der Waals surface area contributed by atoms with Crippen molar-refractivity contribution >= 4 is 17.7 Å². The predicted molar refractivity (Wildman–Crippen MR) is 122 cm³/mol. The van der Waals surface area contributed by atoms with Gasteiger partial charge in [0.05, 0.1) is 24.6 Å². The van der Waals surface area contributed by atoms with Crippen molar-refractivity contribution in [2.45, 2.75) is 25.0 Å². The third-order valence-corrected chi connectivity index (χ3v) is 5.90. The number of nitrogens with zero attached hydrogens (tertiary/aromatic N) is 5. The van der Waals surface area contributed by atoms with Crippen LogP contribution in [0.3, 0.4) is 0 Å². The molecule has 0 saturated heterocycles. The molecule has 0 bridgehead atoms. The Morgan fingerprint density at radius 1 is 1.19 bits per heavy atom. The number of hydrogen-bond acceptors (Lipinski definition) is 7. The molecular formula is C22H28N6O2S. The minimum atomic E-state index is -0.0686. The summed E-state index contributed by atoms with van der Waals surface area (Å²) in [6, 6.07) is 14.1. The summed E-state index contributed by atoms with van der Waals surface area (Å²) >= 11 is 1.32. The largest absolute Gasteiger partial charge is 0.497 e. The van der Waals surface area contributed by atoms with Gasteiger partial charge in [-0.25, -0.2) is 0 Å². The Morgan fingerprint density at radius 3 is 2.61 bits per heavy atom. The number of amides is 1. The van der Waals surface area contributed by atoms with E-state index >= 15 is 0 Å². The first-order valence-corrected chi connectivity index (χ1v) is 10.9. The van der Waals surface area contributed by atoms with Gasteiger partial charge in [0.15, 0.2) is 0 Å². The minimum absolute atomic E-state index is 0.0557. The second-order valence-electron chi connectivity index (χ2n) is 7.51. The lowest BCUT2D eigenvalue weighted by molar-refractivity contribution is -0.118. The number of rotatable bonds is 9. The summed E-state index contributed by atoms with van der Waals surface area (Å²) in [6.45, 7) is 4.54. The van der Waals surface area contributed by atoms with Gasteiger partial charge in [-0.15, -0.1) is 5.10 Å². The Kier molecular flexibility index (Phi) is 7.64. The Bertz CT molecular complexity index is 1020. The van der Waals surface area contributed by atoms with Gasteiger partial charge in [-0.3, -0.25) is 4.79 Å². The molecule has 1 aromatic heterocycles. The van der Waals surface area contributed by atoms with E-state index in [9.17, 15) is 4.79 Å². The van der Waals surface area contributed by atoms with Crippen LogP contribution in [-0.4, -0.2) is 64.5 Å². The smallest absolute Gasteiger partial charge is 0.230 e. The fourth-order valence-corrected chi connectivity index (χ4v) is 3.90. The van der Waals surface area contributed by atoms with Crippen LogP contribution in [0.25, 0.3) is 5.69 Å². The van der Waals surface area contributed by atoms with E-state index in [1.807, 2.05) is 70.4 Å². The Labute approximate surface area is 187 Å². The summed E-state index contributed by atoms with van der Waals surface area (Å²) in [6.07, 6.45) is 0. The standard InChI is InChI=1S/C22H28N6O2S/c1-15-6-7-16(2)19(12-15)28-22(24-25-26-28)31-14-21(29)23-13-20(27(3)4)17-8-10-18(30-5)11-9-17/h6-12,20H,13-14H2,1-5H3,(H,23,29)/t20-/m1/s1. The van der Waals surface area contributed by atoms with Gasteiger partial charge < -0.3 is 15.0 Å². The van der Waals surface area contributed by atoms with Crippen LogP contribution >= 0.6 is 11.8 Å². The average molecular weight is 441 g/mol. The molecule has 0 aliphatic carbocycles. The van der Waals surface area contributed by atoms with Crippen molar-refractivity contribution in [3.63, 3.8) is 0 Å². The second kappa shape index (κ2) is 10.4. The number of aromatic nitrogens is 4. The Hall–Kier alpha value is -2.91. The summed E-state index contributed by atoms with van der Waals surface area (Å²) in [4.78, 5) is 14.6. The van der Waals surface area contributed by atoms with Crippen LogP contribution < -0.4 is 10.1 Å². The SMILES string of the molecule is COc1ccc([C@@H](CNC(=O)CSc2nnnn2-c2cc(C)ccc2C)N(C)C)cc1. The van der Waals surface area contributed by atoms with Crippen molar-refractivity contribution in [1.82, 2.24) is 30.4 Å². The van der Waals surface area contributed by atoms with Crippen LogP contribution in [0, 0.1) is 13.8 Å². The summed E-state index contributed by atoms with van der Waals surface area (Å²) in [5, 5.41) is 15.6. The number of carbonyl (C=O) groups is 1. The van der Waals surface area contributed by atoms with E-state index in [4.69, 9.17) is 4.74 Å². The van der Waals surface area contributed by atoms with Gasteiger partial charge >= 0.3 is 0 Å². The van der Waals surface area contributed by atoms with Crippen molar-refractivity contribution in [2.24, 2.45) is 0 Å². The van der Waals surface area contributed by atoms with Crippen LogP contribution in [0.2, 0.25) is 0 Å². The van der Waals surface area contributed by atoms with E-state index in [2.05, 4.69) is 25.7 Å². The molecule has 0 aliphatic rings. The van der Waals surface area contributed by atoms with E-state index in [1.54, 1.807) is 11.8 Å². The first-order valence-electron chi connectivity index (χ1n) is 9.95. The number of tetrazole rings is 1. The molecule has 3 aromatic rings. The van der Waals surface area contributed by atoms with Gasteiger partial charge in [0.2, 0.25) is 11.1 Å². The van der Waals surface area contributed by atoms with Gasteiger partial charge in [-0.2, -0.15) is 4.68 Å². The highest BCUT2D eigenvalue weighted by atomic mass is 32.2. The Morgan fingerprint density at radius 2 is 1.94 bits per heavy atom. The maximum Gasteiger partial charge on any atom is 0.230 e. The lowest BCUT2D eigenvalue weighted by Crippen LogP contribution is -2.35. The van der Waals surface area contributed by atoms with Gasteiger partial charge in [0.25, 0.3) is 0 Å². The average Bonchev–Trinajstić information content (AvgIpc) is 3.22.